The molecule has 0 fully saturated rings. The zero-order valence-electron chi connectivity index (χ0n) is 10.2. The van der Waals surface area contributed by atoms with Crippen molar-refractivity contribution in [3.8, 4) is 0 Å². The molecule has 15 heavy (non-hydrogen) atoms. The largest absolute Gasteiger partial charge is 0.302 e. The second-order valence-corrected chi connectivity index (χ2v) is 5.52. The number of hydrogen-bond acceptors (Lipinski definition) is 2. The summed E-state index contributed by atoms with van der Waals surface area (Å²) in [5, 5.41) is 0. The number of pyridine rings is 1. The Hall–Kier alpha value is -0.890. The standard InChI is InChI=1S/C13H20N2/c1-13(2,3)11-5-7-14-12-6-8-15(4)9-10(11)12/h5,7H,6,8-9H2,1-4H3. The van der Waals surface area contributed by atoms with Gasteiger partial charge in [0.25, 0.3) is 0 Å². The molecule has 0 aliphatic carbocycles. The zero-order valence-corrected chi connectivity index (χ0v) is 10.2. The van der Waals surface area contributed by atoms with Gasteiger partial charge >= 0.3 is 0 Å². The lowest BCUT2D eigenvalue weighted by Crippen LogP contribution is -2.30. The van der Waals surface area contributed by atoms with Crippen LogP contribution in [-0.4, -0.2) is 23.5 Å². The van der Waals surface area contributed by atoms with E-state index in [0.29, 0.717) is 0 Å². The van der Waals surface area contributed by atoms with Gasteiger partial charge < -0.3 is 4.90 Å². The summed E-state index contributed by atoms with van der Waals surface area (Å²) in [5.74, 6) is 0. The third-order valence-corrected chi connectivity index (χ3v) is 3.11. The molecular weight excluding hydrogens is 184 g/mol. The number of likely N-dealkylation sites (N-methyl/N-ethyl adjacent to an activating group) is 1. The average Bonchev–Trinajstić information content (AvgIpc) is 2.15. The molecule has 2 heterocycles. The molecule has 0 N–H and O–H groups in total. The first-order chi connectivity index (χ1) is 6.98. The first-order valence-electron chi connectivity index (χ1n) is 5.64. The Kier molecular flexibility index (Phi) is 2.55. The minimum atomic E-state index is 0.227. The van der Waals surface area contributed by atoms with Crippen LogP contribution in [-0.2, 0) is 18.4 Å². The number of hydrogen-bond donors (Lipinski definition) is 0. The number of aromatic nitrogens is 1. The van der Waals surface area contributed by atoms with Crippen molar-refractivity contribution in [1.29, 1.82) is 0 Å². The topological polar surface area (TPSA) is 16.1 Å². The Morgan fingerprint density at radius 3 is 2.73 bits per heavy atom. The summed E-state index contributed by atoms with van der Waals surface area (Å²) in [6.07, 6.45) is 3.06. The molecule has 0 unspecified atom stereocenters. The second-order valence-electron chi connectivity index (χ2n) is 5.52. The molecule has 1 aliphatic rings. The van der Waals surface area contributed by atoms with E-state index < -0.39 is 0 Å². The summed E-state index contributed by atoms with van der Waals surface area (Å²) in [7, 11) is 2.18. The van der Waals surface area contributed by atoms with Crippen LogP contribution in [0.3, 0.4) is 0 Å². The van der Waals surface area contributed by atoms with Crippen molar-refractivity contribution in [2.45, 2.75) is 39.2 Å². The molecule has 2 rings (SSSR count). The Bertz CT molecular complexity index is 363. The molecule has 1 aliphatic heterocycles. The van der Waals surface area contributed by atoms with Crippen LogP contribution in [0.2, 0.25) is 0 Å². The molecular formula is C13H20N2. The molecule has 0 amide bonds. The van der Waals surface area contributed by atoms with Crippen LogP contribution in [0.25, 0.3) is 0 Å². The van der Waals surface area contributed by atoms with Crippen molar-refractivity contribution in [3.63, 3.8) is 0 Å². The van der Waals surface area contributed by atoms with Crippen LogP contribution >= 0.6 is 0 Å². The molecule has 0 saturated carbocycles. The number of rotatable bonds is 0. The first-order valence-corrected chi connectivity index (χ1v) is 5.64. The molecule has 2 nitrogen and oxygen atoms in total. The monoisotopic (exact) mass is 204 g/mol. The highest BCUT2D eigenvalue weighted by atomic mass is 15.1. The van der Waals surface area contributed by atoms with Crippen LogP contribution < -0.4 is 0 Å². The molecule has 0 atom stereocenters. The molecule has 0 bridgehead atoms. The van der Waals surface area contributed by atoms with E-state index in [2.05, 4.69) is 43.8 Å². The van der Waals surface area contributed by atoms with Gasteiger partial charge in [0.2, 0.25) is 0 Å². The fourth-order valence-corrected chi connectivity index (χ4v) is 2.28. The summed E-state index contributed by atoms with van der Waals surface area (Å²) in [4.78, 5) is 6.88. The van der Waals surface area contributed by atoms with Crippen molar-refractivity contribution in [2.75, 3.05) is 13.6 Å². The number of fused-ring (bicyclic) bond motifs is 1. The summed E-state index contributed by atoms with van der Waals surface area (Å²) < 4.78 is 0. The van der Waals surface area contributed by atoms with Gasteiger partial charge in [-0.25, -0.2) is 0 Å². The van der Waals surface area contributed by atoms with E-state index in [0.717, 1.165) is 19.5 Å². The molecule has 1 aromatic heterocycles. The fourth-order valence-electron chi connectivity index (χ4n) is 2.28. The number of nitrogens with zero attached hydrogens (tertiary/aromatic N) is 2. The lowest BCUT2D eigenvalue weighted by molar-refractivity contribution is 0.306. The molecule has 82 valence electrons. The predicted octanol–water partition coefficient (Wildman–Crippen LogP) is 2.37. The van der Waals surface area contributed by atoms with Crippen LogP contribution in [0.5, 0.6) is 0 Å². The van der Waals surface area contributed by atoms with Crippen molar-refractivity contribution < 1.29 is 0 Å². The highest BCUT2D eigenvalue weighted by molar-refractivity contribution is 5.36. The third-order valence-electron chi connectivity index (χ3n) is 3.11. The Morgan fingerprint density at radius 1 is 1.33 bits per heavy atom. The first kappa shape index (κ1) is 10.6. The van der Waals surface area contributed by atoms with E-state index in [9.17, 15) is 0 Å². The van der Waals surface area contributed by atoms with Crippen molar-refractivity contribution in [3.05, 3.63) is 29.1 Å². The summed E-state index contributed by atoms with van der Waals surface area (Å²) in [6.45, 7) is 9.01. The van der Waals surface area contributed by atoms with Gasteiger partial charge in [-0.05, 0) is 29.7 Å². The molecule has 1 aromatic rings. The van der Waals surface area contributed by atoms with Crippen molar-refractivity contribution >= 4 is 0 Å². The van der Waals surface area contributed by atoms with E-state index in [-0.39, 0.29) is 5.41 Å². The maximum Gasteiger partial charge on any atom is 0.0464 e. The van der Waals surface area contributed by atoms with E-state index in [4.69, 9.17) is 0 Å². The summed E-state index contributed by atoms with van der Waals surface area (Å²) >= 11 is 0. The van der Waals surface area contributed by atoms with Crippen LogP contribution in [0, 0.1) is 0 Å². The molecule has 0 radical (unpaired) electrons. The third kappa shape index (κ3) is 2.05. The highest BCUT2D eigenvalue weighted by Crippen LogP contribution is 2.29. The van der Waals surface area contributed by atoms with Crippen LogP contribution in [0.4, 0.5) is 0 Å². The van der Waals surface area contributed by atoms with Gasteiger partial charge in [0.05, 0.1) is 0 Å². The summed E-state index contributed by atoms with van der Waals surface area (Å²) in [5.41, 5.74) is 4.45. The van der Waals surface area contributed by atoms with Gasteiger partial charge in [-0.2, -0.15) is 0 Å². The fraction of sp³-hybridized carbons (Fsp3) is 0.615. The van der Waals surface area contributed by atoms with Gasteiger partial charge in [0, 0.05) is 31.4 Å². The minimum absolute atomic E-state index is 0.227. The highest BCUT2D eigenvalue weighted by Gasteiger charge is 2.23. The van der Waals surface area contributed by atoms with E-state index >= 15 is 0 Å². The lowest BCUT2D eigenvalue weighted by atomic mass is 9.82. The smallest absolute Gasteiger partial charge is 0.0464 e. The van der Waals surface area contributed by atoms with E-state index in [1.165, 1.54) is 16.8 Å². The van der Waals surface area contributed by atoms with Crippen LogP contribution in [0.15, 0.2) is 12.3 Å². The van der Waals surface area contributed by atoms with Gasteiger partial charge in [0.15, 0.2) is 0 Å². The van der Waals surface area contributed by atoms with Gasteiger partial charge in [0.1, 0.15) is 0 Å². The van der Waals surface area contributed by atoms with E-state index in [1.54, 1.807) is 0 Å². The van der Waals surface area contributed by atoms with Crippen molar-refractivity contribution in [1.82, 2.24) is 9.88 Å². The summed E-state index contributed by atoms with van der Waals surface area (Å²) in [6, 6.07) is 2.18. The zero-order chi connectivity index (χ0) is 11.1. The quantitative estimate of drug-likeness (QED) is 0.645. The lowest BCUT2D eigenvalue weighted by Gasteiger charge is -2.30. The van der Waals surface area contributed by atoms with Crippen LogP contribution in [0.1, 0.15) is 37.6 Å². The van der Waals surface area contributed by atoms with Gasteiger partial charge in [-0.3, -0.25) is 4.98 Å². The normalized spacial score (nSPS) is 17.6. The van der Waals surface area contributed by atoms with Crippen molar-refractivity contribution in [2.24, 2.45) is 0 Å². The second kappa shape index (κ2) is 3.60. The minimum Gasteiger partial charge on any atom is -0.302 e. The molecule has 0 aromatic carbocycles. The van der Waals surface area contributed by atoms with E-state index in [1.807, 2.05) is 6.20 Å². The Morgan fingerprint density at radius 2 is 2.07 bits per heavy atom. The molecule has 0 spiro atoms. The SMILES string of the molecule is CN1CCc2nccc(C(C)(C)C)c2C1. The Labute approximate surface area is 92.3 Å². The maximum atomic E-state index is 4.50. The molecule has 2 heteroatoms. The predicted molar refractivity (Wildman–Crippen MR) is 63.0 cm³/mol. The van der Waals surface area contributed by atoms with Gasteiger partial charge in [-0.15, -0.1) is 0 Å². The molecule has 0 saturated heterocycles. The maximum absolute atomic E-state index is 4.50. The van der Waals surface area contributed by atoms with Gasteiger partial charge in [-0.1, -0.05) is 20.8 Å². The Balaban J connectivity index is 2.49. The average molecular weight is 204 g/mol.